The smallest absolute Gasteiger partial charge is 0.375 e. The van der Waals surface area contributed by atoms with Crippen LogP contribution in [0.5, 0.6) is 5.75 Å². The fourth-order valence-corrected chi connectivity index (χ4v) is 5.43. The number of amides is 1. The van der Waals surface area contributed by atoms with Gasteiger partial charge in [-0.25, -0.2) is 9.65 Å². The summed E-state index contributed by atoms with van der Waals surface area (Å²) >= 11 is 1.03. The maximum Gasteiger partial charge on any atom is 0.375 e. The second-order valence-corrected chi connectivity index (χ2v) is 9.87. The molecule has 0 saturated carbocycles. The van der Waals surface area contributed by atoms with E-state index in [4.69, 9.17) is 9.26 Å². The Balaban J connectivity index is 2.77. The van der Waals surface area contributed by atoms with Crippen molar-refractivity contribution in [3.63, 3.8) is 0 Å². The largest absolute Gasteiger partial charge is 0.462 e. The van der Waals surface area contributed by atoms with Crippen molar-refractivity contribution in [3.05, 3.63) is 30.3 Å². The third kappa shape index (κ3) is 8.95. The number of rotatable bonds is 10. The summed E-state index contributed by atoms with van der Waals surface area (Å²) in [7, 11) is 0. The van der Waals surface area contributed by atoms with Gasteiger partial charge in [-0.3, -0.25) is 9.59 Å². The van der Waals surface area contributed by atoms with Crippen LogP contribution in [0.4, 0.5) is 0 Å². The molecule has 1 aromatic carbocycles. The maximum atomic E-state index is 13.1. The Hall–Kier alpha value is -1.50. The number of carbonyl (C=O) groups is 2. The summed E-state index contributed by atoms with van der Waals surface area (Å²) in [5.74, 6) is 0.119. The van der Waals surface area contributed by atoms with Crippen LogP contribution < -0.4 is 14.9 Å². The molecule has 0 radical (unpaired) electrons. The van der Waals surface area contributed by atoms with Crippen LogP contribution in [0.1, 0.15) is 27.7 Å². The lowest BCUT2D eigenvalue weighted by Crippen LogP contribution is -2.35. The van der Waals surface area contributed by atoms with E-state index in [1.165, 1.54) is 6.92 Å². The molecule has 0 bridgehead atoms. The standard InChI is InChI=1S/C16H25N2O5PS/c1-12(2)22-16(20)13(3)18-24(21,25-11-10-17-14(4)19)23-15-8-6-5-7-9-15/h5-9,12-13H,10-11H2,1-4H3,(H,17,19)(H,18,21)/t13-,24-/m0/s1. The normalized spacial score (nSPS) is 14.4. The SMILES string of the molecule is CC(=O)NCCS[P@](=O)(N[C@@H](C)C(=O)OC(C)C)Oc1ccccc1. The molecule has 0 heterocycles. The highest BCUT2D eigenvalue weighted by Gasteiger charge is 2.31. The van der Waals surface area contributed by atoms with Gasteiger partial charge in [-0.2, -0.15) is 0 Å². The summed E-state index contributed by atoms with van der Waals surface area (Å²) in [4.78, 5) is 22.9. The molecular weight excluding hydrogens is 363 g/mol. The average Bonchev–Trinajstić information content (AvgIpc) is 2.51. The number of ether oxygens (including phenoxy) is 1. The van der Waals surface area contributed by atoms with Crippen LogP contribution in [0.2, 0.25) is 0 Å². The van der Waals surface area contributed by atoms with E-state index in [1.54, 1.807) is 45.0 Å². The number of benzene rings is 1. The van der Waals surface area contributed by atoms with Gasteiger partial charge in [0.2, 0.25) is 5.91 Å². The lowest BCUT2D eigenvalue weighted by molar-refractivity contribution is -0.149. The Kier molecular flexibility index (Phi) is 9.03. The van der Waals surface area contributed by atoms with Gasteiger partial charge >= 0.3 is 12.7 Å². The topological polar surface area (TPSA) is 93.7 Å². The van der Waals surface area contributed by atoms with E-state index < -0.39 is 18.7 Å². The molecule has 0 fully saturated rings. The molecular formula is C16H25N2O5PS. The molecule has 0 aliphatic heterocycles. The summed E-state index contributed by atoms with van der Waals surface area (Å²) in [6, 6.07) is 7.90. The highest BCUT2D eigenvalue weighted by Crippen LogP contribution is 2.55. The zero-order chi connectivity index (χ0) is 18.9. The van der Waals surface area contributed by atoms with Crippen molar-refractivity contribution in [2.75, 3.05) is 12.3 Å². The number of carbonyl (C=O) groups excluding carboxylic acids is 2. The van der Waals surface area contributed by atoms with E-state index in [2.05, 4.69) is 10.4 Å². The van der Waals surface area contributed by atoms with Crippen LogP contribution in [0.25, 0.3) is 0 Å². The molecule has 25 heavy (non-hydrogen) atoms. The summed E-state index contributed by atoms with van der Waals surface area (Å²) in [5, 5.41) is 5.37. The molecule has 1 rings (SSSR count). The summed E-state index contributed by atoms with van der Waals surface area (Å²) < 4.78 is 23.9. The molecule has 0 aromatic heterocycles. The molecule has 2 N–H and O–H groups in total. The number of esters is 1. The number of hydrogen-bond donors (Lipinski definition) is 2. The van der Waals surface area contributed by atoms with Crippen LogP contribution in [0, 0.1) is 0 Å². The van der Waals surface area contributed by atoms with E-state index >= 15 is 0 Å². The van der Waals surface area contributed by atoms with Gasteiger partial charge in [-0.05, 0) is 44.3 Å². The molecule has 0 spiro atoms. The van der Waals surface area contributed by atoms with Crippen molar-refractivity contribution in [1.82, 2.24) is 10.4 Å². The van der Waals surface area contributed by atoms with Crippen molar-refractivity contribution in [2.45, 2.75) is 39.8 Å². The fourth-order valence-electron chi connectivity index (χ4n) is 1.73. The van der Waals surface area contributed by atoms with Crippen molar-refractivity contribution in [1.29, 1.82) is 0 Å². The number of para-hydroxylation sites is 1. The van der Waals surface area contributed by atoms with Crippen molar-refractivity contribution >= 4 is 30.0 Å². The highest BCUT2D eigenvalue weighted by atomic mass is 32.7. The predicted octanol–water partition coefficient (Wildman–Crippen LogP) is 2.97. The highest BCUT2D eigenvalue weighted by molar-refractivity contribution is 8.56. The van der Waals surface area contributed by atoms with Gasteiger partial charge in [0.25, 0.3) is 0 Å². The Morgan fingerprint density at radius 2 is 1.84 bits per heavy atom. The molecule has 1 amide bonds. The van der Waals surface area contributed by atoms with Gasteiger partial charge in [0.05, 0.1) is 6.10 Å². The first-order valence-electron chi connectivity index (χ1n) is 7.94. The Labute approximate surface area is 152 Å². The minimum absolute atomic E-state index is 0.166. The monoisotopic (exact) mass is 388 g/mol. The quantitative estimate of drug-likeness (QED) is 0.361. The van der Waals surface area contributed by atoms with Crippen molar-refractivity contribution < 1.29 is 23.4 Å². The van der Waals surface area contributed by atoms with Crippen LogP contribution in [0.15, 0.2) is 30.3 Å². The van der Waals surface area contributed by atoms with Crippen LogP contribution in [0.3, 0.4) is 0 Å². The molecule has 1 aromatic rings. The van der Waals surface area contributed by atoms with Gasteiger partial charge in [-0.1, -0.05) is 18.2 Å². The Bertz CT molecular complexity index is 612. The van der Waals surface area contributed by atoms with Gasteiger partial charge in [0.1, 0.15) is 11.8 Å². The van der Waals surface area contributed by atoms with Crippen molar-refractivity contribution in [3.8, 4) is 5.75 Å². The zero-order valence-electron chi connectivity index (χ0n) is 14.9. The van der Waals surface area contributed by atoms with E-state index in [-0.39, 0.29) is 12.0 Å². The molecule has 0 aliphatic carbocycles. The Morgan fingerprint density at radius 3 is 2.40 bits per heavy atom. The molecule has 0 unspecified atom stereocenters. The van der Waals surface area contributed by atoms with E-state index in [1.807, 2.05) is 6.07 Å². The molecule has 0 aliphatic rings. The van der Waals surface area contributed by atoms with Gasteiger partial charge in [0.15, 0.2) is 0 Å². The van der Waals surface area contributed by atoms with Gasteiger partial charge in [-0.15, -0.1) is 0 Å². The van der Waals surface area contributed by atoms with E-state index in [0.29, 0.717) is 18.0 Å². The number of nitrogens with one attached hydrogen (secondary N) is 2. The minimum Gasteiger partial charge on any atom is -0.462 e. The number of hydrogen-bond acceptors (Lipinski definition) is 6. The molecule has 140 valence electrons. The van der Waals surface area contributed by atoms with Gasteiger partial charge in [0, 0.05) is 19.2 Å². The van der Waals surface area contributed by atoms with Gasteiger partial charge < -0.3 is 14.6 Å². The first kappa shape index (κ1) is 21.5. The Morgan fingerprint density at radius 1 is 1.20 bits per heavy atom. The molecule has 9 heteroatoms. The van der Waals surface area contributed by atoms with Crippen LogP contribution >= 0.6 is 18.1 Å². The van der Waals surface area contributed by atoms with Crippen LogP contribution in [-0.4, -0.2) is 36.3 Å². The lowest BCUT2D eigenvalue weighted by Gasteiger charge is -2.23. The van der Waals surface area contributed by atoms with Crippen LogP contribution in [-0.2, 0) is 18.9 Å². The minimum atomic E-state index is -3.44. The maximum absolute atomic E-state index is 13.1. The molecule has 2 atom stereocenters. The first-order chi connectivity index (χ1) is 11.7. The third-order valence-corrected chi connectivity index (χ3v) is 6.75. The summed E-state index contributed by atoms with van der Waals surface area (Å²) in [5.41, 5.74) is 0. The predicted molar refractivity (Wildman–Crippen MR) is 99.6 cm³/mol. The summed E-state index contributed by atoms with van der Waals surface area (Å²) in [6.07, 6.45) is -0.265. The second-order valence-electron chi connectivity index (χ2n) is 5.55. The first-order valence-corrected chi connectivity index (χ1v) is 11.2. The summed E-state index contributed by atoms with van der Waals surface area (Å²) in [6.45, 7) is 3.37. The van der Waals surface area contributed by atoms with E-state index in [9.17, 15) is 14.2 Å². The van der Waals surface area contributed by atoms with Crippen molar-refractivity contribution in [2.24, 2.45) is 0 Å². The molecule has 7 nitrogen and oxygen atoms in total. The average molecular weight is 388 g/mol. The zero-order valence-corrected chi connectivity index (χ0v) is 16.6. The lowest BCUT2D eigenvalue weighted by atomic mass is 10.3. The molecule has 0 saturated heterocycles. The van der Waals surface area contributed by atoms with E-state index in [0.717, 1.165) is 11.4 Å². The fraction of sp³-hybridized carbons (Fsp3) is 0.500. The second kappa shape index (κ2) is 10.5. The third-order valence-electron chi connectivity index (χ3n) is 2.76.